The van der Waals surface area contributed by atoms with Gasteiger partial charge in [-0.3, -0.25) is 4.79 Å². The number of rotatable bonds is 12. The summed E-state index contributed by atoms with van der Waals surface area (Å²) in [4.78, 5) is 15.1. The molecular weight excluding hydrogens is 434 g/mol. The van der Waals surface area contributed by atoms with Crippen molar-refractivity contribution >= 4 is 27.7 Å². The zero-order valence-corrected chi connectivity index (χ0v) is 20.0. The minimum absolute atomic E-state index is 0.0917. The van der Waals surface area contributed by atoms with Crippen LogP contribution in [0.3, 0.4) is 0 Å². The van der Waals surface area contributed by atoms with Gasteiger partial charge in [-0.1, -0.05) is 30.3 Å². The molecule has 1 amide bonds. The summed E-state index contributed by atoms with van der Waals surface area (Å²) in [5.41, 5.74) is 0.996. The first kappa shape index (κ1) is 25.2. The van der Waals surface area contributed by atoms with Gasteiger partial charge in [-0.2, -0.15) is 16.5 Å². The number of carbonyl (C=O) groups is 1. The van der Waals surface area contributed by atoms with Gasteiger partial charge in [0.15, 0.2) is 0 Å². The molecule has 2 aromatic rings. The number of ether oxygens (including phenoxy) is 1. The maximum absolute atomic E-state index is 12.9. The van der Waals surface area contributed by atoms with Gasteiger partial charge in [0, 0.05) is 6.54 Å². The van der Waals surface area contributed by atoms with Crippen LogP contribution in [0.1, 0.15) is 18.0 Å². The normalized spacial score (nSPS) is 13.6. The van der Waals surface area contributed by atoms with E-state index in [2.05, 4.69) is 10.0 Å². The molecule has 0 radical (unpaired) electrons. The van der Waals surface area contributed by atoms with E-state index in [1.165, 1.54) is 12.1 Å². The third kappa shape index (κ3) is 7.53. The molecule has 31 heavy (non-hydrogen) atoms. The minimum Gasteiger partial charge on any atom is -0.497 e. The summed E-state index contributed by atoms with van der Waals surface area (Å²) in [6.07, 6.45) is 2.32. The lowest BCUT2D eigenvalue weighted by Gasteiger charge is -2.26. The number of thioether (sulfide) groups is 1. The Balaban J connectivity index is 2.13. The Morgan fingerprint density at radius 3 is 2.45 bits per heavy atom. The van der Waals surface area contributed by atoms with E-state index in [0.717, 1.165) is 11.3 Å². The lowest BCUT2D eigenvalue weighted by molar-refractivity contribution is -0.123. The number of hydrogen-bond acceptors (Lipinski definition) is 6. The second kappa shape index (κ2) is 12.1. The first-order chi connectivity index (χ1) is 14.8. The van der Waals surface area contributed by atoms with E-state index >= 15 is 0 Å². The largest absolute Gasteiger partial charge is 0.497 e. The summed E-state index contributed by atoms with van der Waals surface area (Å²) in [6, 6.07) is 14.8. The minimum atomic E-state index is -3.80. The fourth-order valence-electron chi connectivity index (χ4n) is 3.10. The number of sulfonamides is 1. The van der Waals surface area contributed by atoms with Crippen molar-refractivity contribution in [3.8, 4) is 5.75 Å². The SMILES string of the molecule is COc1cccc(C(CNC(=O)C(CCSC)NS(=O)(=O)c2ccccc2)N(C)C)c1. The van der Waals surface area contributed by atoms with Gasteiger partial charge in [0.05, 0.1) is 18.0 Å². The van der Waals surface area contributed by atoms with E-state index in [0.29, 0.717) is 18.7 Å². The highest BCUT2D eigenvalue weighted by Gasteiger charge is 2.26. The fraction of sp³-hybridized carbons (Fsp3) is 0.409. The third-order valence-corrected chi connectivity index (χ3v) is 6.98. The third-order valence-electron chi connectivity index (χ3n) is 4.85. The highest BCUT2D eigenvalue weighted by atomic mass is 32.2. The lowest BCUT2D eigenvalue weighted by Crippen LogP contribution is -2.48. The van der Waals surface area contributed by atoms with Gasteiger partial charge in [0.2, 0.25) is 15.9 Å². The van der Waals surface area contributed by atoms with Crippen LogP contribution < -0.4 is 14.8 Å². The summed E-state index contributed by atoms with van der Waals surface area (Å²) in [5.74, 6) is 1.05. The maximum Gasteiger partial charge on any atom is 0.241 e. The Labute approximate surface area is 189 Å². The van der Waals surface area contributed by atoms with Crippen molar-refractivity contribution in [2.75, 3.05) is 39.8 Å². The van der Waals surface area contributed by atoms with Crippen LogP contribution >= 0.6 is 11.8 Å². The van der Waals surface area contributed by atoms with Crippen LogP contribution in [-0.4, -0.2) is 65.0 Å². The number of likely N-dealkylation sites (N-methyl/N-ethyl adjacent to an activating group) is 1. The Kier molecular flexibility index (Phi) is 9.83. The standard InChI is InChI=1S/C22H31N3O4S2/c1-25(2)21(17-9-8-10-18(15-17)29-3)16-23-22(26)20(13-14-30-4)24-31(27,28)19-11-6-5-7-12-19/h5-12,15,20-21,24H,13-14,16H2,1-4H3,(H,23,26). The molecule has 170 valence electrons. The molecule has 0 fully saturated rings. The summed E-state index contributed by atoms with van der Waals surface area (Å²) in [6.45, 7) is 0.335. The molecule has 0 aliphatic rings. The van der Waals surface area contributed by atoms with Crippen molar-refractivity contribution in [1.29, 1.82) is 0 Å². The van der Waals surface area contributed by atoms with Crippen LogP contribution in [-0.2, 0) is 14.8 Å². The lowest BCUT2D eigenvalue weighted by atomic mass is 10.1. The summed E-state index contributed by atoms with van der Waals surface area (Å²) in [5, 5.41) is 2.93. The maximum atomic E-state index is 12.9. The van der Waals surface area contributed by atoms with E-state index in [1.54, 1.807) is 37.1 Å². The number of hydrogen-bond donors (Lipinski definition) is 2. The molecule has 0 aliphatic carbocycles. The van der Waals surface area contributed by atoms with E-state index in [-0.39, 0.29) is 16.8 Å². The topological polar surface area (TPSA) is 87.7 Å². The quantitative estimate of drug-likeness (QED) is 0.501. The van der Waals surface area contributed by atoms with Crippen LogP contribution in [0.5, 0.6) is 5.75 Å². The van der Waals surface area contributed by atoms with Gasteiger partial charge in [0.1, 0.15) is 11.8 Å². The average molecular weight is 466 g/mol. The summed E-state index contributed by atoms with van der Waals surface area (Å²) in [7, 11) is 1.67. The molecule has 2 N–H and O–H groups in total. The van der Waals surface area contributed by atoms with Gasteiger partial charge in [-0.25, -0.2) is 8.42 Å². The number of benzene rings is 2. The molecule has 7 nitrogen and oxygen atoms in total. The predicted molar refractivity (Wildman–Crippen MR) is 126 cm³/mol. The molecule has 0 saturated carbocycles. The molecule has 9 heteroatoms. The highest BCUT2D eigenvalue weighted by Crippen LogP contribution is 2.22. The predicted octanol–water partition coefficient (Wildman–Crippen LogP) is 2.51. The van der Waals surface area contributed by atoms with Gasteiger partial charge in [-0.15, -0.1) is 0 Å². The van der Waals surface area contributed by atoms with Crippen molar-refractivity contribution in [2.45, 2.75) is 23.4 Å². The fourth-order valence-corrected chi connectivity index (χ4v) is 4.82. The Bertz CT molecular complexity index is 937. The molecule has 2 atom stereocenters. The average Bonchev–Trinajstić information content (AvgIpc) is 2.77. The molecular formula is C22H31N3O4S2. The summed E-state index contributed by atoms with van der Waals surface area (Å²) < 4.78 is 33.3. The van der Waals surface area contributed by atoms with Crippen molar-refractivity contribution in [2.24, 2.45) is 0 Å². The van der Waals surface area contributed by atoms with Crippen LogP contribution in [0, 0.1) is 0 Å². The van der Waals surface area contributed by atoms with Crippen LogP contribution in [0.4, 0.5) is 0 Å². The second-order valence-corrected chi connectivity index (χ2v) is 9.97. The Morgan fingerprint density at radius 2 is 1.84 bits per heavy atom. The van der Waals surface area contributed by atoms with E-state index in [9.17, 15) is 13.2 Å². The smallest absolute Gasteiger partial charge is 0.241 e. The first-order valence-corrected chi connectivity index (χ1v) is 12.8. The number of carbonyl (C=O) groups excluding carboxylic acids is 1. The number of nitrogens with zero attached hydrogens (tertiary/aromatic N) is 1. The highest BCUT2D eigenvalue weighted by molar-refractivity contribution is 7.98. The zero-order valence-electron chi connectivity index (χ0n) is 18.4. The monoisotopic (exact) mass is 465 g/mol. The Hall–Kier alpha value is -2.07. The molecule has 2 aromatic carbocycles. The molecule has 0 bridgehead atoms. The molecule has 0 saturated heterocycles. The van der Waals surface area contributed by atoms with Crippen LogP contribution in [0.2, 0.25) is 0 Å². The molecule has 0 heterocycles. The molecule has 0 spiro atoms. The number of amides is 1. The van der Waals surface area contributed by atoms with Crippen molar-refractivity contribution < 1.29 is 17.9 Å². The molecule has 2 rings (SSSR count). The number of methoxy groups -OCH3 is 1. The van der Waals surface area contributed by atoms with Gasteiger partial charge >= 0.3 is 0 Å². The number of nitrogens with one attached hydrogen (secondary N) is 2. The van der Waals surface area contributed by atoms with Crippen molar-refractivity contribution in [1.82, 2.24) is 14.9 Å². The van der Waals surface area contributed by atoms with E-state index < -0.39 is 16.1 Å². The van der Waals surface area contributed by atoms with Crippen LogP contribution in [0.25, 0.3) is 0 Å². The van der Waals surface area contributed by atoms with Crippen molar-refractivity contribution in [3.05, 3.63) is 60.2 Å². The second-order valence-electron chi connectivity index (χ2n) is 7.27. The molecule has 0 aliphatic heterocycles. The molecule has 2 unspecified atom stereocenters. The first-order valence-electron chi connectivity index (χ1n) is 9.93. The van der Waals surface area contributed by atoms with Crippen LogP contribution in [0.15, 0.2) is 59.5 Å². The molecule has 0 aromatic heterocycles. The van der Waals surface area contributed by atoms with E-state index in [1.807, 2.05) is 49.5 Å². The van der Waals surface area contributed by atoms with Gasteiger partial charge < -0.3 is 15.0 Å². The van der Waals surface area contributed by atoms with Gasteiger partial charge in [0.25, 0.3) is 0 Å². The van der Waals surface area contributed by atoms with E-state index in [4.69, 9.17) is 4.74 Å². The Morgan fingerprint density at radius 1 is 1.13 bits per heavy atom. The zero-order chi connectivity index (χ0) is 22.9. The van der Waals surface area contributed by atoms with Crippen molar-refractivity contribution in [3.63, 3.8) is 0 Å². The summed E-state index contributed by atoms with van der Waals surface area (Å²) >= 11 is 1.56. The van der Waals surface area contributed by atoms with Gasteiger partial charge in [-0.05, 0) is 62.4 Å².